The van der Waals surface area contributed by atoms with Gasteiger partial charge < -0.3 is 9.80 Å². The molecule has 5 heteroatoms. The van der Waals surface area contributed by atoms with Crippen molar-refractivity contribution in [2.75, 3.05) is 36.0 Å². The minimum atomic E-state index is 0.866. The summed E-state index contributed by atoms with van der Waals surface area (Å²) >= 11 is 0. The average Bonchev–Trinajstić information content (AvgIpc) is 2.73. The number of benzene rings is 1. The lowest BCUT2D eigenvalue weighted by Crippen LogP contribution is -2.47. The summed E-state index contributed by atoms with van der Waals surface area (Å²) < 4.78 is 0. The van der Waals surface area contributed by atoms with Crippen LogP contribution in [0.4, 0.5) is 11.6 Å². The number of piperazine rings is 1. The number of hydrogen-bond acceptors (Lipinski definition) is 5. The van der Waals surface area contributed by atoms with Crippen LogP contribution in [-0.4, -0.2) is 41.1 Å². The van der Waals surface area contributed by atoms with Crippen LogP contribution in [0, 0.1) is 6.92 Å². The van der Waals surface area contributed by atoms with Crippen LogP contribution in [0.25, 0.3) is 0 Å². The molecule has 1 fully saturated rings. The van der Waals surface area contributed by atoms with Crippen LogP contribution < -0.4 is 9.80 Å². The fourth-order valence-corrected chi connectivity index (χ4v) is 3.44. The summed E-state index contributed by atoms with van der Waals surface area (Å²) in [4.78, 5) is 18.5. The van der Waals surface area contributed by atoms with E-state index < -0.39 is 0 Å². The zero-order valence-corrected chi connectivity index (χ0v) is 15.8. The highest BCUT2D eigenvalue weighted by Gasteiger charge is 2.19. The first kappa shape index (κ1) is 17.5. The molecule has 0 spiro atoms. The number of rotatable bonds is 5. The van der Waals surface area contributed by atoms with Crippen LogP contribution in [0.5, 0.6) is 0 Å². The van der Waals surface area contributed by atoms with E-state index in [0.717, 1.165) is 56.5 Å². The molecule has 0 saturated carbocycles. The van der Waals surface area contributed by atoms with Crippen molar-refractivity contribution in [1.29, 1.82) is 0 Å². The van der Waals surface area contributed by atoms with E-state index in [0.29, 0.717) is 0 Å². The van der Waals surface area contributed by atoms with E-state index in [1.165, 1.54) is 11.1 Å². The fraction of sp³-hybridized carbons (Fsp3) is 0.318. The number of nitrogens with zero attached hydrogens (tertiary/aromatic N) is 5. The Morgan fingerprint density at radius 3 is 2.22 bits per heavy atom. The number of pyridine rings is 1. The van der Waals surface area contributed by atoms with Crippen LogP contribution in [0.3, 0.4) is 0 Å². The van der Waals surface area contributed by atoms with Gasteiger partial charge in [0, 0.05) is 45.0 Å². The maximum absolute atomic E-state index is 4.80. The summed E-state index contributed by atoms with van der Waals surface area (Å²) in [5.74, 6) is 3.02. The Hall–Kier alpha value is -2.95. The van der Waals surface area contributed by atoms with Crippen molar-refractivity contribution < 1.29 is 0 Å². The zero-order chi connectivity index (χ0) is 18.5. The number of aryl methyl sites for hydroxylation is 3. The highest BCUT2D eigenvalue weighted by molar-refractivity contribution is 5.45. The molecule has 1 saturated heterocycles. The Labute approximate surface area is 160 Å². The SMILES string of the molecule is Cc1ccnc(N2CCN(c3ccnc(CCc4ccccc4)n3)CC2)c1. The van der Waals surface area contributed by atoms with Crippen LogP contribution in [0.15, 0.2) is 60.9 Å². The van der Waals surface area contributed by atoms with E-state index in [2.05, 4.69) is 57.0 Å². The molecule has 3 aromatic rings. The molecule has 27 heavy (non-hydrogen) atoms. The Bertz CT molecular complexity index is 873. The van der Waals surface area contributed by atoms with Gasteiger partial charge in [-0.25, -0.2) is 15.0 Å². The molecule has 138 valence electrons. The van der Waals surface area contributed by atoms with Gasteiger partial charge in [-0.3, -0.25) is 0 Å². The minimum Gasteiger partial charge on any atom is -0.353 e. The molecule has 0 amide bonds. The highest BCUT2D eigenvalue weighted by Crippen LogP contribution is 2.18. The van der Waals surface area contributed by atoms with Gasteiger partial charge >= 0.3 is 0 Å². The minimum absolute atomic E-state index is 0.866. The van der Waals surface area contributed by atoms with Crippen molar-refractivity contribution in [3.63, 3.8) is 0 Å². The first-order valence-corrected chi connectivity index (χ1v) is 9.56. The molecule has 5 nitrogen and oxygen atoms in total. The lowest BCUT2D eigenvalue weighted by atomic mass is 10.1. The predicted molar refractivity (Wildman–Crippen MR) is 109 cm³/mol. The second kappa shape index (κ2) is 8.16. The third-order valence-corrected chi connectivity index (χ3v) is 5.00. The first-order valence-electron chi connectivity index (χ1n) is 9.56. The van der Waals surface area contributed by atoms with Gasteiger partial charge in [-0.15, -0.1) is 0 Å². The number of anilines is 2. The Kier molecular flexibility index (Phi) is 5.28. The summed E-state index contributed by atoms with van der Waals surface area (Å²) in [5, 5.41) is 0. The van der Waals surface area contributed by atoms with Crippen molar-refractivity contribution in [2.24, 2.45) is 0 Å². The van der Waals surface area contributed by atoms with Gasteiger partial charge in [-0.05, 0) is 42.7 Å². The van der Waals surface area contributed by atoms with Gasteiger partial charge in [0.05, 0.1) is 0 Å². The second-order valence-corrected chi connectivity index (χ2v) is 6.98. The summed E-state index contributed by atoms with van der Waals surface area (Å²) in [6, 6.07) is 16.7. The average molecular weight is 359 g/mol. The molecule has 0 atom stereocenters. The van der Waals surface area contributed by atoms with E-state index in [1.807, 2.05) is 30.6 Å². The molecule has 1 aliphatic rings. The topological polar surface area (TPSA) is 45.2 Å². The molecule has 0 bridgehead atoms. The Morgan fingerprint density at radius 2 is 1.48 bits per heavy atom. The van der Waals surface area contributed by atoms with Crippen LogP contribution in [0.1, 0.15) is 17.0 Å². The van der Waals surface area contributed by atoms with Crippen LogP contribution in [-0.2, 0) is 12.8 Å². The standard InChI is InChI=1S/C22H25N5/c1-18-9-11-24-22(17-18)27-15-13-26(14-16-27)21-10-12-23-20(25-21)8-7-19-5-3-2-4-6-19/h2-6,9-12,17H,7-8,13-16H2,1H3. The zero-order valence-electron chi connectivity index (χ0n) is 15.8. The van der Waals surface area contributed by atoms with Crippen molar-refractivity contribution >= 4 is 11.6 Å². The molecular formula is C22H25N5. The van der Waals surface area contributed by atoms with E-state index in [-0.39, 0.29) is 0 Å². The predicted octanol–water partition coefficient (Wildman–Crippen LogP) is 3.29. The third-order valence-electron chi connectivity index (χ3n) is 5.00. The highest BCUT2D eigenvalue weighted by atomic mass is 15.3. The van der Waals surface area contributed by atoms with Crippen molar-refractivity contribution in [1.82, 2.24) is 15.0 Å². The quantitative estimate of drug-likeness (QED) is 0.699. The van der Waals surface area contributed by atoms with Gasteiger partial charge in [-0.1, -0.05) is 30.3 Å². The Balaban J connectivity index is 1.37. The molecule has 0 radical (unpaired) electrons. The summed E-state index contributed by atoms with van der Waals surface area (Å²) in [6.07, 6.45) is 5.61. The lowest BCUT2D eigenvalue weighted by molar-refractivity contribution is 0.638. The van der Waals surface area contributed by atoms with Gasteiger partial charge in [0.1, 0.15) is 17.5 Å². The maximum atomic E-state index is 4.80. The molecule has 2 aromatic heterocycles. The van der Waals surface area contributed by atoms with Crippen molar-refractivity contribution in [3.8, 4) is 0 Å². The van der Waals surface area contributed by atoms with E-state index in [1.54, 1.807) is 0 Å². The van der Waals surface area contributed by atoms with E-state index >= 15 is 0 Å². The molecule has 1 aromatic carbocycles. The number of hydrogen-bond donors (Lipinski definition) is 0. The van der Waals surface area contributed by atoms with Gasteiger partial charge in [0.2, 0.25) is 0 Å². The molecule has 3 heterocycles. The second-order valence-electron chi connectivity index (χ2n) is 6.98. The van der Waals surface area contributed by atoms with E-state index in [9.17, 15) is 0 Å². The van der Waals surface area contributed by atoms with Crippen LogP contribution >= 0.6 is 0 Å². The normalized spacial score (nSPS) is 14.4. The van der Waals surface area contributed by atoms with Crippen molar-refractivity contribution in [3.05, 3.63) is 77.9 Å². The smallest absolute Gasteiger partial charge is 0.132 e. The van der Waals surface area contributed by atoms with Crippen molar-refractivity contribution in [2.45, 2.75) is 19.8 Å². The Morgan fingerprint density at radius 1 is 0.778 bits per heavy atom. The molecule has 1 aliphatic heterocycles. The summed E-state index contributed by atoms with van der Waals surface area (Å²) in [6.45, 7) is 5.93. The lowest BCUT2D eigenvalue weighted by Gasteiger charge is -2.36. The molecule has 0 unspecified atom stereocenters. The molecular weight excluding hydrogens is 334 g/mol. The monoisotopic (exact) mass is 359 g/mol. The summed E-state index contributed by atoms with van der Waals surface area (Å²) in [7, 11) is 0. The van der Waals surface area contributed by atoms with Gasteiger partial charge in [0.25, 0.3) is 0 Å². The number of aromatic nitrogens is 3. The summed E-state index contributed by atoms with van der Waals surface area (Å²) in [5.41, 5.74) is 2.58. The first-order chi connectivity index (χ1) is 13.3. The largest absolute Gasteiger partial charge is 0.353 e. The molecule has 0 N–H and O–H groups in total. The van der Waals surface area contributed by atoms with Crippen LogP contribution in [0.2, 0.25) is 0 Å². The van der Waals surface area contributed by atoms with Gasteiger partial charge in [-0.2, -0.15) is 0 Å². The molecule has 4 rings (SSSR count). The fourth-order valence-electron chi connectivity index (χ4n) is 3.44. The maximum Gasteiger partial charge on any atom is 0.132 e. The molecule has 0 aliphatic carbocycles. The third kappa shape index (κ3) is 4.42. The van der Waals surface area contributed by atoms with E-state index in [4.69, 9.17) is 4.98 Å². The van der Waals surface area contributed by atoms with Gasteiger partial charge in [0.15, 0.2) is 0 Å².